The zero-order chi connectivity index (χ0) is 21.9. The number of nitrogens with one attached hydrogen (secondary N) is 3. The number of nitrogens with zero attached hydrogens (tertiary/aromatic N) is 3. The van der Waals surface area contributed by atoms with Gasteiger partial charge in [-0.1, -0.05) is 30.3 Å². The fourth-order valence-corrected chi connectivity index (χ4v) is 3.98. The summed E-state index contributed by atoms with van der Waals surface area (Å²) in [5.74, 6) is 0.662. The fourth-order valence-electron chi connectivity index (χ4n) is 2.93. The molecule has 0 aliphatic heterocycles. The third-order valence-electron chi connectivity index (χ3n) is 4.48. The number of aromatic nitrogens is 2. The summed E-state index contributed by atoms with van der Waals surface area (Å²) in [6, 6.07) is 18.5. The molecule has 0 aliphatic carbocycles. The number of benzene rings is 2. The van der Waals surface area contributed by atoms with Gasteiger partial charge in [0.1, 0.15) is 0 Å². The molecule has 3 N–H and O–H groups in total. The van der Waals surface area contributed by atoms with E-state index >= 15 is 0 Å². The number of hydrogen-bond acceptors (Lipinski definition) is 4. The maximum atomic E-state index is 12.2. The van der Waals surface area contributed by atoms with E-state index in [0.29, 0.717) is 19.0 Å². The number of guanidine groups is 1. The molecule has 10 heteroatoms. The fraction of sp³-hybridized carbons (Fsp3) is 0.273. The molecule has 0 unspecified atom stereocenters. The van der Waals surface area contributed by atoms with E-state index in [4.69, 9.17) is 0 Å². The monoisotopic (exact) mass is 568 g/mol. The van der Waals surface area contributed by atoms with Crippen LogP contribution < -0.4 is 15.4 Å². The van der Waals surface area contributed by atoms with Crippen LogP contribution in [0.2, 0.25) is 0 Å². The van der Waals surface area contributed by atoms with Gasteiger partial charge in [-0.3, -0.25) is 4.99 Å². The van der Waals surface area contributed by atoms with Gasteiger partial charge in [-0.15, -0.1) is 24.0 Å². The van der Waals surface area contributed by atoms with Crippen molar-refractivity contribution >= 4 is 40.0 Å². The third-order valence-corrected chi connectivity index (χ3v) is 5.96. The number of halogens is 1. The summed E-state index contributed by atoms with van der Waals surface area (Å²) in [7, 11) is -3.51. The highest BCUT2D eigenvalue weighted by Gasteiger charge is 2.11. The minimum Gasteiger partial charge on any atom is -0.357 e. The molecule has 0 atom stereocenters. The Labute approximate surface area is 206 Å². The Morgan fingerprint density at radius 3 is 2.41 bits per heavy atom. The first-order chi connectivity index (χ1) is 15.1. The van der Waals surface area contributed by atoms with Crippen LogP contribution >= 0.6 is 24.0 Å². The Morgan fingerprint density at radius 2 is 1.75 bits per heavy atom. The van der Waals surface area contributed by atoms with E-state index in [1.54, 1.807) is 36.5 Å². The van der Waals surface area contributed by atoms with Crippen molar-refractivity contribution in [2.75, 3.05) is 26.2 Å². The Hall–Kier alpha value is -2.44. The molecule has 3 aromatic rings. The zero-order valence-corrected chi connectivity index (χ0v) is 21.1. The molecule has 1 heterocycles. The predicted octanol–water partition coefficient (Wildman–Crippen LogP) is 2.57. The first-order valence-corrected chi connectivity index (χ1v) is 11.7. The van der Waals surface area contributed by atoms with Crippen LogP contribution in [0.5, 0.6) is 0 Å². The Bertz CT molecular complexity index is 1060. The van der Waals surface area contributed by atoms with E-state index in [0.717, 1.165) is 18.7 Å². The highest BCUT2D eigenvalue weighted by Crippen LogP contribution is 2.09. The molecule has 8 nitrogen and oxygen atoms in total. The largest absolute Gasteiger partial charge is 0.357 e. The molecule has 0 amide bonds. The van der Waals surface area contributed by atoms with Crippen molar-refractivity contribution in [1.82, 2.24) is 25.1 Å². The maximum Gasteiger partial charge on any atom is 0.240 e. The van der Waals surface area contributed by atoms with Crippen molar-refractivity contribution in [3.63, 3.8) is 0 Å². The molecule has 32 heavy (non-hydrogen) atoms. The normalized spacial score (nSPS) is 11.6. The van der Waals surface area contributed by atoms with Gasteiger partial charge in [0.2, 0.25) is 10.0 Å². The lowest BCUT2D eigenvalue weighted by molar-refractivity contribution is 0.582. The molecule has 2 aromatic carbocycles. The molecule has 0 aliphatic rings. The van der Waals surface area contributed by atoms with Crippen LogP contribution in [0.15, 0.2) is 82.9 Å². The highest BCUT2D eigenvalue weighted by atomic mass is 127. The number of sulfonamides is 1. The van der Waals surface area contributed by atoms with Crippen LogP contribution in [0, 0.1) is 0 Å². The summed E-state index contributed by atoms with van der Waals surface area (Å²) in [6.45, 7) is 3.98. The number of rotatable bonds is 10. The first-order valence-electron chi connectivity index (χ1n) is 10.2. The summed E-state index contributed by atoms with van der Waals surface area (Å²) in [5.41, 5.74) is 2.23. The lowest BCUT2D eigenvalue weighted by Gasteiger charge is -2.12. The van der Waals surface area contributed by atoms with Crippen molar-refractivity contribution in [2.24, 2.45) is 4.99 Å². The second kappa shape index (κ2) is 13.2. The minimum atomic E-state index is -3.51. The standard InChI is InChI=1S/C22H28N6O2S.HI/c1-2-23-22(25-16-17-27-31(29,30)21-7-4-3-5-8-21)24-15-13-19-9-11-20(12-10-19)28-18-6-14-26-28;/h3-12,14,18,27H,2,13,15-17H2,1H3,(H2,23,24,25);1H. The molecular weight excluding hydrogens is 539 g/mol. The third kappa shape index (κ3) is 7.92. The van der Waals surface area contributed by atoms with Crippen molar-refractivity contribution in [1.29, 1.82) is 0 Å². The molecule has 0 spiro atoms. The Balaban J connectivity index is 0.00000363. The van der Waals surface area contributed by atoms with Crippen molar-refractivity contribution < 1.29 is 8.42 Å². The van der Waals surface area contributed by atoms with E-state index in [1.165, 1.54) is 5.56 Å². The minimum absolute atomic E-state index is 0. The van der Waals surface area contributed by atoms with Gasteiger partial charge in [0.05, 0.1) is 17.1 Å². The van der Waals surface area contributed by atoms with Gasteiger partial charge in [0.15, 0.2) is 5.96 Å². The molecule has 0 fully saturated rings. The zero-order valence-electron chi connectivity index (χ0n) is 17.9. The van der Waals surface area contributed by atoms with Gasteiger partial charge in [0.25, 0.3) is 0 Å². The lowest BCUT2D eigenvalue weighted by Crippen LogP contribution is -2.39. The van der Waals surface area contributed by atoms with Crippen molar-refractivity contribution in [3.05, 3.63) is 78.6 Å². The maximum absolute atomic E-state index is 12.2. The average Bonchev–Trinajstić information content (AvgIpc) is 3.33. The van der Waals surface area contributed by atoms with Crippen LogP contribution in [0.1, 0.15) is 12.5 Å². The Kier molecular flexibility index (Phi) is 10.6. The lowest BCUT2D eigenvalue weighted by atomic mass is 10.1. The van der Waals surface area contributed by atoms with Gasteiger partial charge in [-0.05, 0) is 49.2 Å². The van der Waals surface area contributed by atoms with Crippen LogP contribution in [0.25, 0.3) is 5.69 Å². The van der Waals surface area contributed by atoms with Crippen LogP contribution in [0.3, 0.4) is 0 Å². The molecule has 0 radical (unpaired) electrons. The van der Waals surface area contributed by atoms with Crippen molar-refractivity contribution in [2.45, 2.75) is 18.2 Å². The molecule has 172 valence electrons. The molecule has 3 rings (SSSR count). The predicted molar refractivity (Wildman–Crippen MR) is 138 cm³/mol. The van der Waals surface area contributed by atoms with Crippen LogP contribution in [0.4, 0.5) is 0 Å². The summed E-state index contributed by atoms with van der Waals surface area (Å²) in [5, 5.41) is 10.7. The summed E-state index contributed by atoms with van der Waals surface area (Å²) < 4.78 is 28.9. The van der Waals surface area contributed by atoms with E-state index < -0.39 is 10.0 Å². The second-order valence-corrected chi connectivity index (χ2v) is 8.53. The van der Waals surface area contributed by atoms with Crippen LogP contribution in [-0.4, -0.2) is 50.3 Å². The smallest absolute Gasteiger partial charge is 0.240 e. The quantitative estimate of drug-likeness (QED) is 0.151. The summed E-state index contributed by atoms with van der Waals surface area (Å²) >= 11 is 0. The van der Waals surface area contributed by atoms with E-state index in [9.17, 15) is 8.42 Å². The van der Waals surface area contributed by atoms with E-state index in [1.807, 2.05) is 36.0 Å². The van der Waals surface area contributed by atoms with Gasteiger partial charge in [-0.2, -0.15) is 5.10 Å². The van der Waals surface area contributed by atoms with E-state index in [-0.39, 0.29) is 35.4 Å². The molecule has 0 saturated heterocycles. The average molecular weight is 568 g/mol. The van der Waals surface area contributed by atoms with Gasteiger partial charge in [-0.25, -0.2) is 17.8 Å². The molecule has 0 saturated carbocycles. The first kappa shape index (κ1) is 25.8. The molecule has 1 aromatic heterocycles. The SMILES string of the molecule is CCNC(=NCCNS(=O)(=O)c1ccccc1)NCCc1ccc(-n2cccn2)cc1.I. The Morgan fingerprint density at radius 1 is 1.00 bits per heavy atom. The molecule has 0 bridgehead atoms. The second-order valence-electron chi connectivity index (χ2n) is 6.77. The molecular formula is C22H29IN6O2S. The number of aliphatic imine (C=N–C) groups is 1. The highest BCUT2D eigenvalue weighted by molar-refractivity contribution is 14.0. The number of hydrogen-bond donors (Lipinski definition) is 3. The van der Waals surface area contributed by atoms with Crippen LogP contribution in [-0.2, 0) is 16.4 Å². The van der Waals surface area contributed by atoms with Gasteiger partial charge < -0.3 is 10.6 Å². The van der Waals surface area contributed by atoms with Gasteiger partial charge in [0, 0.05) is 32.0 Å². The summed E-state index contributed by atoms with van der Waals surface area (Å²) in [6.07, 6.45) is 4.51. The summed E-state index contributed by atoms with van der Waals surface area (Å²) in [4.78, 5) is 4.70. The van der Waals surface area contributed by atoms with E-state index in [2.05, 4.69) is 37.6 Å². The van der Waals surface area contributed by atoms with Gasteiger partial charge >= 0.3 is 0 Å². The topological polar surface area (TPSA) is 100 Å². The van der Waals surface area contributed by atoms with Crippen molar-refractivity contribution in [3.8, 4) is 5.69 Å².